The van der Waals surface area contributed by atoms with E-state index >= 15 is 0 Å². The normalized spacial score (nSPS) is 14.2. The molecule has 0 aromatic heterocycles. The number of rotatable bonds is 2. The summed E-state index contributed by atoms with van der Waals surface area (Å²) in [5, 5.41) is 2.53. The third-order valence-corrected chi connectivity index (χ3v) is 1.87. The van der Waals surface area contributed by atoms with E-state index in [1.54, 1.807) is 27.7 Å². The molecule has 0 bridgehead atoms. The van der Waals surface area contributed by atoms with E-state index in [9.17, 15) is 9.59 Å². The molecule has 16 heavy (non-hydrogen) atoms. The molecule has 0 saturated heterocycles. The molecular weight excluding hydrogens is 206 g/mol. The molecule has 0 heterocycles. The first-order valence-corrected chi connectivity index (χ1v) is 5.47. The Labute approximate surface area is 97.7 Å². The summed E-state index contributed by atoms with van der Waals surface area (Å²) in [4.78, 5) is 23.2. The highest BCUT2D eigenvalue weighted by Crippen LogP contribution is 2.17. The van der Waals surface area contributed by atoms with Crippen molar-refractivity contribution in [2.45, 2.75) is 60.1 Å². The number of carbonyl (C=O) groups is 2. The van der Waals surface area contributed by atoms with Crippen molar-refractivity contribution in [3.63, 3.8) is 0 Å². The smallest absolute Gasteiger partial charge is 0.408 e. The number of alkyl carbamates (subject to hydrolysis) is 1. The van der Waals surface area contributed by atoms with Crippen molar-refractivity contribution in [2.24, 2.45) is 5.41 Å². The Kier molecular flexibility index (Phi) is 4.53. The number of carbonyl (C=O) groups excluding carboxylic acids is 2. The van der Waals surface area contributed by atoms with Crippen LogP contribution in [-0.4, -0.2) is 23.5 Å². The van der Waals surface area contributed by atoms with Gasteiger partial charge >= 0.3 is 6.09 Å². The van der Waals surface area contributed by atoms with Gasteiger partial charge in [-0.1, -0.05) is 20.8 Å². The molecule has 0 aromatic rings. The molecule has 94 valence electrons. The zero-order chi connectivity index (χ0) is 13.1. The number of hydrogen-bond donors (Lipinski definition) is 1. The fraction of sp³-hybridized carbons (Fsp3) is 0.833. The number of ether oxygens (including phenoxy) is 1. The molecule has 0 aliphatic heterocycles. The van der Waals surface area contributed by atoms with Crippen LogP contribution >= 0.6 is 0 Å². The summed E-state index contributed by atoms with van der Waals surface area (Å²) < 4.78 is 5.07. The van der Waals surface area contributed by atoms with Gasteiger partial charge in [0.05, 0.1) is 6.04 Å². The quantitative estimate of drug-likeness (QED) is 0.791. The molecule has 4 nitrogen and oxygen atoms in total. The molecule has 1 amide bonds. The Morgan fingerprint density at radius 1 is 1.06 bits per heavy atom. The van der Waals surface area contributed by atoms with E-state index in [4.69, 9.17) is 4.74 Å². The maximum Gasteiger partial charge on any atom is 0.408 e. The van der Waals surface area contributed by atoms with Crippen LogP contribution in [0.2, 0.25) is 0 Å². The average molecular weight is 229 g/mol. The van der Waals surface area contributed by atoms with Crippen LogP contribution in [0.1, 0.15) is 48.5 Å². The highest BCUT2D eigenvalue weighted by Gasteiger charge is 2.28. The molecule has 0 rings (SSSR count). The molecule has 1 atom stereocenters. The topological polar surface area (TPSA) is 55.4 Å². The molecule has 0 fully saturated rings. The molecule has 0 aromatic carbocycles. The van der Waals surface area contributed by atoms with E-state index in [0.29, 0.717) is 0 Å². The van der Waals surface area contributed by atoms with Crippen molar-refractivity contribution >= 4 is 11.9 Å². The van der Waals surface area contributed by atoms with Crippen molar-refractivity contribution in [1.29, 1.82) is 0 Å². The molecule has 0 aliphatic carbocycles. The van der Waals surface area contributed by atoms with Crippen molar-refractivity contribution in [1.82, 2.24) is 5.32 Å². The van der Waals surface area contributed by atoms with Gasteiger partial charge in [-0.05, 0) is 27.7 Å². The van der Waals surface area contributed by atoms with Gasteiger partial charge in [-0.15, -0.1) is 0 Å². The van der Waals surface area contributed by atoms with Gasteiger partial charge in [0.2, 0.25) is 0 Å². The minimum atomic E-state index is -0.558. The molecular formula is C12H23NO3. The Hall–Kier alpha value is -1.06. The van der Waals surface area contributed by atoms with Crippen LogP contribution in [0.5, 0.6) is 0 Å². The van der Waals surface area contributed by atoms with Gasteiger partial charge in [0, 0.05) is 5.41 Å². The van der Waals surface area contributed by atoms with Gasteiger partial charge in [0.25, 0.3) is 0 Å². The first-order valence-electron chi connectivity index (χ1n) is 5.47. The largest absolute Gasteiger partial charge is 0.444 e. The molecule has 4 heteroatoms. The Balaban J connectivity index is 4.32. The van der Waals surface area contributed by atoms with E-state index in [-0.39, 0.29) is 5.78 Å². The van der Waals surface area contributed by atoms with Crippen LogP contribution < -0.4 is 5.32 Å². The molecule has 0 radical (unpaired) electrons. The van der Waals surface area contributed by atoms with E-state index in [1.807, 2.05) is 20.8 Å². The second-order valence-corrected chi connectivity index (χ2v) is 5.98. The summed E-state index contributed by atoms with van der Waals surface area (Å²) in [5.74, 6) is -0.0154. The first kappa shape index (κ1) is 14.9. The highest BCUT2D eigenvalue weighted by molar-refractivity contribution is 5.90. The summed E-state index contributed by atoms with van der Waals surface area (Å²) >= 11 is 0. The van der Waals surface area contributed by atoms with Crippen LogP contribution in [0.15, 0.2) is 0 Å². The number of hydrogen-bond acceptors (Lipinski definition) is 3. The summed E-state index contributed by atoms with van der Waals surface area (Å²) in [7, 11) is 0. The number of ketones is 1. The maximum absolute atomic E-state index is 11.8. The zero-order valence-electron chi connectivity index (χ0n) is 11.3. The van der Waals surface area contributed by atoms with Gasteiger partial charge in [-0.3, -0.25) is 4.79 Å². The number of amides is 1. The summed E-state index contributed by atoms with van der Waals surface area (Å²) in [6.45, 7) is 12.5. The van der Waals surface area contributed by atoms with Gasteiger partial charge in [-0.2, -0.15) is 0 Å². The molecule has 0 spiro atoms. The van der Waals surface area contributed by atoms with E-state index < -0.39 is 23.2 Å². The Bertz CT molecular complexity index is 271. The second-order valence-electron chi connectivity index (χ2n) is 5.98. The second kappa shape index (κ2) is 4.85. The van der Waals surface area contributed by atoms with Crippen molar-refractivity contribution in [3.05, 3.63) is 0 Å². The SMILES string of the molecule is C[C@H](NC(=O)OC(C)(C)C)C(=O)C(C)(C)C. The fourth-order valence-electron chi connectivity index (χ4n) is 1.20. The third kappa shape index (κ3) is 5.73. The Morgan fingerprint density at radius 2 is 1.50 bits per heavy atom. The summed E-state index contributed by atoms with van der Waals surface area (Å²) in [6.07, 6.45) is -0.558. The third-order valence-electron chi connectivity index (χ3n) is 1.87. The van der Waals surface area contributed by atoms with E-state index in [2.05, 4.69) is 5.32 Å². The van der Waals surface area contributed by atoms with Crippen LogP contribution in [0.3, 0.4) is 0 Å². The van der Waals surface area contributed by atoms with Crippen molar-refractivity contribution in [2.75, 3.05) is 0 Å². The maximum atomic E-state index is 11.8. The lowest BCUT2D eigenvalue weighted by Gasteiger charge is -2.25. The van der Waals surface area contributed by atoms with Gasteiger partial charge in [0.1, 0.15) is 5.60 Å². The monoisotopic (exact) mass is 229 g/mol. The van der Waals surface area contributed by atoms with Gasteiger partial charge in [0.15, 0.2) is 5.78 Å². The van der Waals surface area contributed by atoms with Gasteiger partial charge in [-0.25, -0.2) is 4.79 Å². The minimum absolute atomic E-state index is 0.0154. The fourth-order valence-corrected chi connectivity index (χ4v) is 1.20. The lowest BCUT2D eigenvalue weighted by atomic mass is 9.87. The predicted molar refractivity (Wildman–Crippen MR) is 63.3 cm³/mol. The standard InChI is InChI=1S/C12H23NO3/c1-8(9(14)11(2,3)4)13-10(15)16-12(5,6)7/h8H,1-7H3,(H,13,15)/t8-/m0/s1. The Morgan fingerprint density at radius 3 is 1.81 bits per heavy atom. The molecule has 0 aliphatic rings. The molecule has 0 unspecified atom stereocenters. The first-order chi connectivity index (χ1) is 6.93. The predicted octanol–water partition coefficient (Wildman–Crippen LogP) is 2.51. The number of nitrogens with one attached hydrogen (secondary N) is 1. The highest BCUT2D eigenvalue weighted by atomic mass is 16.6. The van der Waals surface area contributed by atoms with E-state index in [0.717, 1.165) is 0 Å². The van der Waals surface area contributed by atoms with Crippen molar-refractivity contribution in [3.8, 4) is 0 Å². The van der Waals surface area contributed by atoms with Crippen LogP contribution in [0, 0.1) is 5.41 Å². The van der Waals surface area contributed by atoms with Crippen LogP contribution in [-0.2, 0) is 9.53 Å². The lowest BCUT2D eigenvalue weighted by Crippen LogP contribution is -2.45. The molecule has 1 N–H and O–H groups in total. The molecule has 0 saturated carbocycles. The van der Waals surface area contributed by atoms with Crippen LogP contribution in [0.4, 0.5) is 4.79 Å². The van der Waals surface area contributed by atoms with Crippen LogP contribution in [0.25, 0.3) is 0 Å². The van der Waals surface area contributed by atoms with E-state index in [1.165, 1.54) is 0 Å². The summed E-state index contributed by atoms with van der Waals surface area (Å²) in [6, 6.07) is -0.533. The minimum Gasteiger partial charge on any atom is -0.444 e. The van der Waals surface area contributed by atoms with Crippen molar-refractivity contribution < 1.29 is 14.3 Å². The average Bonchev–Trinajstić information content (AvgIpc) is 1.96. The van der Waals surface area contributed by atoms with Gasteiger partial charge < -0.3 is 10.1 Å². The lowest BCUT2D eigenvalue weighted by molar-refractivity contribution is -0.128. The summed E-state index contributed by atoms with van der Waals surface area (Å²) in [5.41, 5.74) is -1.01. The zero-order valence-corrected chi connectivity index (χ0v) is 11.3. The number of Topliss-reactive ketones (excluding diaryl/α,β-unsaturated/α-hetero) is 1.